The molecule has 0 atom stereocenters. The monoisotopic (exact) mass is 483 g/mol. The zero-order valence-corrected chi connectivity index (χ0v) is 19.1. The summed E-state index contributed by atoms with van der Waals surface area (Å²) in [6, 6.07) is 0. The van der Waals surface area contributed by atoms with Crippen molar-refractivity contribution in [3.05, 3.63) is 17.0 Å². The van der Waals surface area contributed by atoms with Crippen LogP contribution in [0.4, 0.5) is 0 Å². The first kappa shape index (κ1) is 22.2. The summed E-state index contributed by atoms with van der Waals surface area (Å²) in [6.45, 7) is 9.34. The van der Waals surface area contributed by atoms with Crippen molar-refractivity contribution in [3.63, 3.8) is 0 Å². The minimum absolute atomic E-state index is 0. The maximum absolute atomic E-state index is 12.1. The number of guanidine groups is 1. The Morgan fingerprint density at radius 3 is 2.48 bits per heavy atom. The van der Waals surface area contributed by atoms with Gasteiger partial charge in [-0.1, -0.05) is 0 Å². The number of nitrogens with zero attached hydrogens (tertiary/aromatic N) is 4. The number of nitrogens with one attached hydrogen (secondary N) is 1. The number of aromatic nitrogens is 2. The summed E-state index contributed by atoms with van der Waals surface area (Å²) in [4.78, 5) is 6.35. The standard InChI is InChI=1S/C16H29N5O2S.HI/c1-12-14(13(2)20(6)19-12)7-8-18-15(17-5)21-9-10-24(22,23)16(3,4)11-21;/h7-11H2,1-6H3,(H,17,18);1H. The van der Waals surface area contributed by atoms with Gasteiger partial charge >= 0.3 is 0 Å². The third kappa shape index (κ3) is 4.66. The van der Waals surface area contributed by atoms with Crippen molar-refractivity contribution in [1.29, 1.82) is 0 Å². The van der Waals surface area contributed by atoms with Crippen LogP contribution in [0.15, 0.2) is 4.99 Å². The lowest BCUT2D eigenvalue weighted by molar-refractivity contribution is 0.353. The van der Waals surface area contributed by atoms with Crippen molar-refractivity contribution < 1.29 is 8.42 Å². The number of sulfone groups is 1. The Hall–Kier alpha value is -0.840. The molecule has 0 bridgehead atoms. The molecule has 0 unspecified atom stereocenters. The van der Waals surface area contributed by atoms with E-state index in [-0.39, 0.29) is 29.7 Å². The van der Waals surface area contributed by atoms with Crippen LogP contribution in [0, 0.1) is 13.8 Å². The van der Waals surface area contributed by atoms with Gasteiger partial charge in [0.25, 0.3) is 0 Å². The van der Waals surface area contributed by atoms with Crippen LogP contribution in [0.3, 0.4) is 0 Å². The van der Waals surface area contributed by atoms with E-state index in [2.05, 4.69) is 22.3 Å². The summed E-state index contributed by atoms with van der Waals surface area (Å²) < 4.78 is 25.4. The summed E-state index contributed by atoms with van der Waals surface area (Å²) in [6.07, 6.45) is 0.861. The van der Waals surface area contributed by atoms with E-state index in [9.17, 15) is 8.42 Å². The highest BCUT2D eigenvalue weighted by molar-refractivity contribution is 14.0. The van der Waals surface area contributed by atoms with Gasteiger partial charge in [0.2, 0.25) is 0 Å². The molecule has 1 saturated heterocycles. The number of halogens is 1. The molecule has 1 fully saturated rings. The Morgan fingerprint density at radius 2 is 2.00 bits per heavy atom. The fourth-order valence-corrected chi connectivity index (χ4v) is 4.50. The predicted octanol–water partition coefficient (Wildman–Crippen LogP) is 1.28. The first-order valence-corrected chi connectivity index (χ1v) is 9.91. The molecule has 0 amide bonds. The molecule has 7 nitrogen and oxygen atoms in total. The molecule has 0 aromatic carbocycles. The third-order valence-electron chi connectivity index (χ3n) is 4.87. The minimum atomic E-state index is -3.04. The van der Waals surface area contributed by atoms with E-state index in [0.717, 1.165) is 24.6 Å². The number of hydrogen-bond acceptors (Lipinski definition) is 4. The number of aliphatic imine (C=N–C) groups is 1. The summed E-state index contributed by atoms with van der Waals surface area (Å²) in [5.74, 6) is 0.929. The lowest BCUT2D eigenvalue weighted by Crippen LogP contribution is -2.57. The Morgan fingerprint density at radius 1 is 1.36 bits per heavy atom. The van der Waals surface area contributed by atoms with Gasteiger partial charge in [-0.3, -0.25) is 9.67 Å². The van der Waals surface area contributed by atoms with E-state index < -0.39 is 14.6 Å². The second-order valence-electron chi connectivity index (χ2n) is 7.00. The lowest BCUT2D eigenvalue weighted by Gasteiger charge is -2.39. The van der Waals surface area contributed by atoms with E-state index in [0.29, 0.717) is 13.1 Å². The van der Waals surface area contributed by atoms with E-state index in [1.54, 1.807) is 20.9 Å². The molecular formula is C16H30IN5O2S. The second-order valence-corrected chi connectivity index (χ2v) is 9.74. The topological polar surface area (TPSA) is 79.6 Å². The van der Waals surface area contributed by atoms with Gasteiger partial charge in [0.15, 0.2) is 15.8 Å². The highest BCUT2D eigenvalue weighted by atomic mass is 127. The second kappa shape index (κ2) is 8.24. The molecule has 25 heavy (non-hydrogen) atoms. The van der Waals surface area contributed by atoms with Crippen LogP contribution in [0.2, 0.25) is 0 Å². The van der Waals surface area contributed by atoms with E-state index in [4.69, 9.17) is 0 Å². The first-order chi connectivity index (χ1) is 11.1. The molecule has 2 rings (SSSR count). The average Bonchev–Trinajstić information content (AvgIpc) is 2.72. The number of hydrogen-bond donors (Lipinski definition) is 1. The van der Waals surface area contributed by atoms with Gasteiger partial charge in [0, 0.05) is 39.4 Å². The average molecular weight is 483 g/mol. The molecule has 1 aliphatic heterocycles. The predicted molar refractivity (Wildman–Crippen MR) is 113 cm³/mol. The van der Waals surface area contributed by atoms with Crippen LogP contribution in [0.1, 0.15) is 30.8 Å². The van der Waals surface area contributed by atoms with Gasteiger partial charge in [-0.25, -0.2) is 8.42 Å². The molecule has 0 saturated carbocycles. The van der Waals surface area contributed by atoms with E-state index in [1.165, 1.54) is 11.3 Å². The van der Waals surface area contributed by atoms with Crippen LogP contribution in [0.5, 0.6) is 0 Å². The van der Waals surface area contributed by atoms with Crippen molar-refractivity contribution in [1.82, 2.24) is 20.0 Å². The van der Waals surface area contributed by atoms with Gasteiger partial charge in [0.1, 0.15) is 0 Å². The molecule has 1 aliphatic rings. The van der Waals surface area contributed by atoms with Crippen LogP contribution in [-0.4, -0.2) is 66.2 Å². The lowest BCUT2D eigenvalue weighted by atomic mass is 10.1. The fraction of sp³-hybridized carbons (Fsp3) is 0.750. The molecule has 1 aromatic rings. The highest BCUT2D eigenvalue weighted by Gasteiger charge is 2.40. The minimum Gasteiger partial charge on any atom is -0.356 e. The molecular weight excluding hydrogens is 453 g/mol. The van der Waals surface area contributed by atoms with Gasteiger partial charge in [-0.05, 0) is 39.7 Å². The van der Waals surface area contributed by atoms with Crippen molar-refractivity contribution in [2.75, 3.05) is 32.4 Å². The largest absolute Gasteiger partial charge is 0.356 e. The highest BCUT2D eigenvalue weighted by Crippen LogP contribution is 2.23. The van der Waals surface area contributed by atoms with Gasteiger partial charge in [-0.15, -0.1) is 24.0 Å². The van der Waals surface area contributed by atoms with Crippen LogP contribution in [0.25, 0.3) is 0 Å². The van der Waals surface area contributed by atoms with Gasteiger partial charge in [0.05, 0.1) is 16.2 Å². The smallest absolute Gasteiger partial charge is 0.193 e. The molecule has 1 N–H and O–H groups in total. The van der Waals surface area contributed by atoms with E-state index in [1.807, 2.05) is 23.6 Å². The normalized spacial score (nSPS) is 19.4. The third-order valence-corrected chi connectivity index (χ3v) is 7.40. The molecule has 0 aliphatic carbocycles. The van der Waals surface area contributed by atoms with Crippen molar-refractivity contribution in [3.8, 4) is 0 Å². The van der Waals surface area contributed by atoms with Crippen molar-refractivity contribution >= 4 is 39.8 Å². The van der Waals surface area contributed by atoms with Crippen LogP contribution < -0.4 is 5.32 Å². The van der Waals surface area contributed by atoms with E-state index >= 15 is 0 Å². The first-order valence-electron chi connectivity index (χ1n) is 8.26. The molecule has 2 heterocycles. The quantitative estimate of drug-likeness (QED) is 0.398. The fourth-order valence-electron chi connectivity index (χ4n) is 3.14. The van der Waals surface area contributed by atoms with Crippen LogP contribution in [-0.2, 0) is 23.3 Å². The SMILES string of the molecule is CN=C(NCCc1c(C)nn(C)c1C)N1CCS(=O)(=O)C(C)(C)C1.I. The Balaban J connectivity index is 0.00000312. The van der Waals surface area contributed by atoms with Gasteiger partial charge < -0.3 is 10.2 Å². The Kier molecular flexibility index (Phi) is 7.31. The van der Waals surface area contributed by atoms with Gasteiger partial charge in [-0.2, -0.15) is 5.10 Å². The van der Waals surface area contributed by atoms with Crippen molar-refractivity contribution in [2.24, 2.45) is 12.0 Å². The maximum Gasteiger partial charge on any atom is 0.193 e. The molecule has 1 aromatic heterocycles. The Bertz CT molecular complexity index is 740. The molecule has 0 spiro atoms. The summed E-state index contributed by atoms with van der Waals surface area (Å²) in [7, 11) is 0.645. The summed E-state index contributed by atoms with van der Waals surface area (Å²) >= 11 is 0. The number of rotatable bonds is 3. The molecule has 144 valence electrons. The Labute approximate surface area is 168 Å². The molecule has 9 heteroatoms. The zero-order chi connectivity index (χ0) is 18.1. The van der Waals surface area contributed by atoms with Crippen molar-refractivity contribution in [2.45, 2.75) is 38.9 Å². The summed E-state index contributed by atoms with van der Waals surface area (Å²) in [5.41, 5.74) is 3.48. The zero-order valence-electron chi connectivity index (χ0n) is 16.0. The molecule has 0 radical (unpaired) electrons. The maximum atomic E-state index is 12.1. The van der Waals surface area contributed by atoms with Crippen LogP contribution >= 0.6 is 24.0 Å². The number of aryl methyl sites for hydroxylation is 2. The summed E-state index contributed by atoms with van der Waals surface area (Å²) in [5, 5.41) is 7.80.